The largest absolute Gasteiger partial charge is 0.465 e. The highest BCUT2D eigenvalue weighted by atomic mass is 79.9. The zero-order chi connectivity index (χ0) is 24.1. The van der Waals surface area contributed by atoms with Crippen molar-refractivity contribution in [2.45, 2.75) is 6.54 Å². The molecule has 0 radical (unpaired) electrons. The molecule has 10 heteroatoms. The molecule has 0 bridgehead atoms. The lowest BCUT2D eigenvalue weighted by Gasteiger charge is -2.13. The van der Waals surface area contributed by atoms with E-state index in [4.69, 9.17) is 21.4 Å². The van der Waals surface area contributed by atoms with Crippen molar-refractivity contribution in [2.75, 3.05) is 14.2 Å². The van der Waals surface area contributed by atoms with E-state index in [0.29, 0.717) is 21.3 Å². The minimum absolute atomic E-state index is 0.0377. The molecule has 0 fully saturated rings. The number of rotatable bonds is 6. The number of aromatic nitrogens is 1. The third-order valence-corrected chi connectivity index (χ3v) is 5.32. The maximum atomic E-state index is 13.6. The standard InChI is InChI=1S/C23H16BrFN4O4/c1-4-18-20(22(30)32-2)19(13-5-8-16(25)9-6-13)21(23(31)33-3)29(18)12-14-11-15(24)7-10-17(14)27-28-26/h1,5-11H,12H2,2-3H3. The van der Waals surface area contributed by atoms with Crippen LogP contribution in [0, 0.1) is 18.2 Å². The van der Waals surface area contributed by atoms with E-state index in [1.54, 1.807) is 18.2 Å². The normalized spacial score (nSPS) is 10.2. The van der Waals surface area contributed by atoms with Crippen molar-refractivity contribution >= 4 is 33.6 Å². The highest BCUT2D eigenvalue weighted by molar-refractivity contribution is 9.10. The number of benzene rings is 2. The maximum Gasteiger partial charge on any atom is 0.355 e. The van der Waals surface area contributed by atoms with Crippen molar-refractivity contribution in [3.05, 3.63) is 85.7 Å². The van der Waals surface area contributed by atoms with Crippen molar-refractivity contribution in [1.82, 2.24) is 4.57 Å². The second-order valence-electron chi connectivity index (χ2n) is 6.63. The number of hydrogen-bond acceptors (Lipinski definition) is 5. The van der Waals surface area contributed by atoms with Gasteiger partial charge in [-0.3, -0.25) is 0 Å². The second kappa shape index (κ2) is 10.0. The van der Waals surface area contributed by atoms with Crippen LogP contribution in [-0.2, 0) is 16.0 Å². The predicted octanol–water partition coefficient (Wildman–Crippen LogP) is 5.60. The predicted molar refractivity (Wildman–Crippen MR) is 122 cm³/mol. The highest BCUT2D eigenvalue weighted by Crippen LogP contribution is 2.36. The number of halogens is 2. The fourth-order valence-electron chi connectivity index (χ4n) is 3.43. The van der Waals surface area contributed by atoms with Crippen LogP contribution in [0.25, 0.3) is 21.6 Å². The molecule has 0 aliphatic rings. The highest BCUT2D eigenvalue weighted by Gasteiger charge is 2.32. The van der Waals surface area contributed by atoms with E-state index >= 15 is 0 Å². The lowest BCUT2D eigenvalue weighted by Crippen LogP contribution is -2.14. The summed E-state index contributed by atoms with van der Waals surface area (Å²) in [6, 6.07) is 10.2. The van der Waals surface area contributed by atoms with E-state index < -0.39 is 17.8 Å². The molecule has 0 saturated carbocycles. The smallest absolute Gasteiger partial charge is 0.355 e. The Morgan fingerprint density at radius 2 is 1.85 bits per heavy atom. The summed E-state index contributed by atoms with van der Waals surface area (Å²) in [7, 11) is 2.37. The summed E-state index contributed by atoms with van der Waals surface area (Å²) in [6.07, 6.45) is 5.77. The van der Waals surface area contributed by atoms with E-state index in [1.807, 2.05) is 0 Å². The van der Waals surface area contributed by atoms with Crippen molar-refractivity contribution < 1.29 is 23.5 Å². The molecule has 0 atom stereocenters. The Kier molecular flexibility index (Phi) is 7.18. The zero-order valence-corrected chi connectivity index (χ0v) is 19.1. The Labute approximate surface area is 196 Å². The zero-order valence-electron chi connectivity index (χ0n) is 17.5. The van der Waals surface area contributed by atoms with Crippen LogP contribution in [0.3, 0.4) is 0 Å². The van der Waals surface area contributed by atoms with Crippen molar-refractivity contribution in [1.29, 1.82) is 0 Å². The van der Waals surface area contributed by atoms with Gasteiger partial charge in [-0.25, -0.2) is 14.0 Å². The molecule has 166 valence electrons. The lowest BCUT2D eigenvalue weighted by molar-refractivity contribution is 0.0587. The van der Waals surface area contributed by atoms with Crippen LogP contribution in [0.5, 0.6) is 0 Å². The van der Waals surface area contributed by atoms with Crippen LogP contribution >= 0.6 is 15.9 Å². The SMILES string of the molecule is C#Cc1c(C(=O)OC)c(-c2ccc(F)cc2)c(C(=O)OC)n1Cc1cc(Br)ccc1N=[N+]=[N-]. The van der Waals surface area contributed by atoms with Gasteiger partial charge in [0.25, 0.3) is 0 Å². The minimum atomic E-state index is -0.782. The number of ether oxygens (including phenoxy) is 2. The van der Waals surface area contributed by atoms with E-state index in [1.165, 1.54) is 43.1 Å². The van der Waals surface area contributed by atoms with E-state index in [0.717, 1.165) is 0 Å². The molecule has 1 heterocycles. The summed E-state index contributed by atoms with van der Waals surface area (Å²) in [6.45, 7) is -0.0387. The molecule has 0 saturated heterocycles. The summed E-state index contributed by atoms with van der Waals surface area (Å²) in [5, 5.41) is 3.69. The number of azide groups is 1. The second-order valence-corrected chi connectivity index (χ2v) is 7.55. The van der Waals surface area contributed by atoms with E-state index in [-0.39, 0.29) is 29.1 Å². The van der Waals surface area contributed by atoms with E-state index in [2.05, 4.69) is 31.9 Å². The van der Waals surface area contributed by atoms with Crippen LogP contribution in [0.2, 0.25) is 0 Å². The van der Waals surface area contributed by atoms with E-state index in [9.17, 15) is 14.0 Å². The van der Waals surface area contributed by atoms with Crippen molar-refractivity contribution in [3.63, 3.8) is 0 Å². The fourth-order valence-corrected chi connectivity index (χ4v) is 3.84. The molecular weight excluding hydrogens is 495 g/mol. The van der Waals surface area contributed by atoms with Gasteiger partial charge in [-0.05, 0) is 40.9 Å². The van der Waals surface area contributed by atoms with Crippen molar-refractivity contribution in [3.8, 4) is 23.5 Å². The van der Waals surface area contributed by atoms with Crippen LogP contribution < -0.4 is 0 Å². The molecule has 2 aromatic carbocycles. The quantitative estimate of drug-likeness (QED) is 0.141. The topological polar surface area (TPSA) is 106 Å². The molecule has 3 rings (SSSR count). The number of carbonyl (C=O) groups excluding carboxylic acids is 2. The van der Waals surface area contributed by atoms with Gasteiger partial charge in [0.05, 0.1) is 14.2 Å². The summed E-state index contributed by atoms with van der Waals surface area (Å²) in [5.41, 5.74) is 10.2. The van der Waals surface area contributed by atoms with Crippen molar-refractivity contribution in [2.24, 2.45) is 5.11 Å². The van der Waals surface area contributed by atoms with Gasteiger partial charge < -0.3 is 14.0 Å². The fraction of sp³-hybridized carbons (Fsp3) is 0.130. The molecular formula is C23H16BrFN4O4. The molecule has 8 nitrogen and oxygen atoms in total. The van der Waals surface area contributed by atoms with Crippen LogP contribution in [0.4, 0.5) is 10.1 Å². The van der Waals surface area contributed by atoms with Gasteiger partial charge in [0, 0.05) is 27.2 Å². The number of carbonyl (C=O) groups is 2. The first kappa shape index (κ1) is 23.6. The Morgan fingerprint density at radius 1 is 1.18 bits per heavy atom. The third kappa shape index (κ3) is 4.60. The van der Waals surface area contributed by atoms with Gasteiger partial charge in [0.2, 0.25) is 0 Å². The first-order valence-electron chi connectivity index (χ1n) is 9.35. The Morgan fingerprint density at radius 3 is 2.42 bits per heavy atom. The average Bonchev–Trinajstić information content (AvgIpc) is 3.14. The molecule has 0 N–H and O–H groups in total. The maximum absolute atomic E-state index is 13.6. The first-order chi connectivity index (χ1) is 15.9. The van der Waals surface area contributed by atoms with Gasteiger partial charge >= 0.3 is 11.9 Å². The molecule has 0 aliphatic heterocycles. The Balaban J connectivity index is 2.42. The van der Waals surface area contributed by atoms with Gasteiger partial charge in [-0.1, -0.05) is 45.2 Å². The van der Waals surface area contributed by atoms with Gasteiger partial charge in [0.1, 0.15) is 22.8 Å². The van der Waals surface area contributed by atoms with Crippen LogP contribution in [0.15, 0.2) is 52.1 Å². The lowest BCUT2D eigenvalue weighted by atomic mass is 10.00. The first-order valence-corrected chi connectivity index (χ1v) is 10.1. The van der Waals surface area contributed by atoms with Gasteiger partial charge in [-0.15, -0.1) is 6.42 Å². The number of esters is 2. The number of nitrogens with zero attached hydrogens (tertiary/aromatic N) is 4. The Bertz CT molecular complexity index is 1340. The molecule has 3 aromatic rings. The number of methoxy groups -OCH3 is 2. The van der Waals surface area contributed by atoms with Gasteiger partial charge in [0.15, 0.2) is 0 Å². The van der Waals surface area contributed by atoms with Crippen LogP contribution in [0.1, 0.15) is 32.1 Å². The molecule has 0 unspecified atom stereocenters. The summed E-state index contributed by atoms with van der Waals surface area (Å²) in [5.74, 6) is 0.396. The summed E-state index contributed by atoms with van der Waals surface area (Å²) >= 11 is 3.37. The molecule has 0 spiro atoms. The third-order valence-electron chi connectivity index (χ3n) is 4.82. The monoisotopic (exact) mass is 510 g/mol. The Hall–Kier alpha value is -4.06. The minimum Gasteiger partial charge on any atom is -0.465 e. The molecule has 0 aliphatic carbocycles. The number of terminal acetylenes is 1. The van der Waals surface area contributed by atoms with Crippen LogP contribution in [-0.4, -0.2) is 30.7 Å². The molecule has 1 aromatic heterocycles. The summed E-state index contributed by atoms with van der Waals surface area (Å²) in [4.78, 5) is 28.5. The summed E-state index contributed by atoms with van der Waals surface area (Å²) < 4.78 is 25.6. The number of hydrogen-bond donors (Lipinski definition) is 0. The average molecular weight is 511 g/mol. The van der Waals surface area contributed by atoms with Gasteiger partial charge in [-0.2, -0.15) is 0 Å². The molecule has 0 amide bonds. The molecule has 33 heavy (non-hydrogen) atoms.